The number of hydrogen-bond acceptors (Lipinski definition) is 7. The molecule has 2 aromatic carbocycles. The van der Waals surface area contributed by atoms with E-state index in [4.69, 9.17) is 4.74 Å². The molecule has 0 N–H and O–H groups in total. The monoisotopic (exact) mass is 634 g/mol. The smallest absolute Gasteiger partial charge is 0.424 e. The summed E-state index contributed by atoms with van der Waals surface area (Å²) < 4.78 is 38.0. The fourth-order valence-electron chi connectivity index (χ4n) is 7.21. The lowest BCUT2D eigenvalue weighted by Gasteiger charge is -2.52. The third-order valence-corrected chi connectivity index (χ3v) is 11.0. The van der Waals surface area contributed by atoms with Gasteiger partial charge in [-0.15, -0.1) is 0 Å². The van der Waals surface area contributed by atoms with Crippen molar-refractivity contribution in [3.63, 3.8) is 0 Å². The lowest BCUT2D eigenvalue weighted by atomic mass is 9.51. The molecule has 11 nitrogen and oxygen atoms in total. The number of ether oxygens (including phenoxy) is 1. The summed E-state index contributed by atoms with van der Waals surface area (Å²) in [5.41, 5.74) is -0.758. The molecule has 2 aliphatic heterocycles. The van der Waals surface area contributed by atoms with Gasteiger partial charge in [0.1, 0.15) is 11.4 Å². The number of aromatic nitrogens is 3. The van der Waals surface area contributed by atoms with E-state index >= 15 is 0 Å². The van der Waals surface area contributed by atoms with Gasteiger partial charge in [-0.05, 0) is 70.4 Å². The van der Waals surface area contributed by atoms with Crippen LogP contribution in [0.25, 0.3) is 5.69 Å². The Morgan fingerprint density at radius 1 is 0.978 bits per heavy atom. The van der Waals surface area contributed by atoms with Crippen molar-refractivity contribution in [2.45, 2.75) is 77.0 Å². The summed E-state index contributed by atoms with van der Waals surface area (Å²) in [4.78, 5) is 54.5. The lowest BCUT2D eigenvalue weighted by molar-refractivity contribution is -0.156. The molecule has 4 aliphatic rings. The molecule has 238 valence electrons. The first-order valence-corrected chi connectivity index (χ1v) is 16.6. The van der Waals surface area contributed by atoms with E-state index in [1.54, 1.807) is 63.2 Å². The molecule has 0 saturated heterocycles. The number of carbonyl (C=O) groups is 2. The van der Waals surface area contributed by atoms with Crippen LogP contribution in [0.2, 0.25) is 0 Å². The fraction of sp³-hybridized carbons (Fsp3) is 0.455. The van der Waals surface area contributed by atoms with E-state index < -0.39 is 50.6 Å². The third kappa shape index (κ3) is 4.90. The number of para-hydroxylation sites is 1. The first-order chi connectivity index (χ1) is 21.0. The van der Waals surface area contributed by atoms with Gasteiger partial charge in [-0.3, -0.25) is 4.79 Å². The number of rotatable bonds is 6. The van der Waals surface area contributed by atoms with Gasteiger partial charge in [0.25, 0.3) is 10.0 Å². The molecule has 1 aromatic heterocycles. The predicted octanol–water partition coefficient (Wildman–Crippen LogP) is 4.39. The van der Waals surface area contributed by atoms with Crippen LogP contribution in [0, 0.1) is 24.2 Å². The minimum Gasteiger partial charge on any atom is -0.443 e. The average Bonchev–Trinajstić information content (AvgIpc) is 3.08. The second kappa shape index (κ2) is 10.4. The standard InChI is InChI=1S/C33H38N4O7S/c1-20-12-14-24(15-13-20)45(42,43)34(31(41)44-32(2,3)4)17-16-21-18-23-19-25-26(33(5,6)28(25)38)27(21)37-30(40)35(29(39)36(23)37)22-10-8-7-9-11-22/h7-15,18,23,25-27H,16-17,19H2,1-6H3/t23-,25+,26+,27+/m1/s1. The summed E-state index contributed by atoms with van der Waals surface area (Å²) in [5.74, 6) is -0.586. The van der Waals surface area contributed by atoms with Crippen molar-refractivity contribution in [2.24, 2.45) is 17.3 Å². The molecule has 3 aromatic rings. The Balaban J connectivity index is 1.43. The molecule has 1 amide bonds. The van der Waals surface area contributed by atoms with E-state index in [9.17, 15) is 27.6 Å². The van der Waals surface area contributed by atoms with Crippen LogP contribution in [0.5, 0.6) is 0 Å². The minimum atomic E-state index is -4.31. The number of carbonyl (C=O) groups excluding carboxylic acids is 2. The zero-order chi connectivity index (χ0) is 32.6. The van der Waals surface area contributed by atoms with Gasteiger partial charge in [-0.2, -0.15) is 0 Å². The van der Waals surface area contributed by atoms with Gasteiger partial charge in [0.2, 0.25) is 0 Å². The van der Waals surface area contributed by atoms with Gasteiger partial charge >= 0.3 is 17.5 Å². The van der Waals surface area contributed by atoms with Crippen LogP contribution in [0.1, 0.15) is 65.1 Å². The molecule has 45 heavy (non-hydrogen) atoms. The SMILES string of the molecule is Cc1ccc(S(=O)(=O)N(CCC2=C[C@@H]3C[C@@H]4C(=O)C(C)(C)[C@@H]4[C@H]2n2c(=O)n(-c4ccccc4)c(=O)n23)C(=O)OC(C)(C)C)cc1. The van der Waals surface area contributed by atoms with Gasteiger partial charge < -0.3 is 4.74 Å². The van der Waals surface area contributed by atoms with Crippen molar-refractivity contribution in [3.05, 3.63) is 92.8 Å². The quantitative estimate of drug-likeness (QED) is 0.368. The van der Waals surface area contributed by atoms with Crippen LogP contribution in [0.3, 0.4) is 0 Å². The molecule has 4 atom stereocenters. The van der Waals surface area contributed by atoms with Gasteiger partial charge in [0, 0.05) is 23.8 Å². The molecular weight excluding hydrogens is 596 g/mol. The Morgan fingerprint density at radius 3 is 2.22 bits per heavy atom. The van der Waals surface area contributed by atoms with Gasteiger partial charge in [0.05, 0.1) is 22.7 Å². The van der Waals surface area contributed by atoms with Crippen molar-refractivity contribution in [3.8, 4) is 5.69 Å². The van der Waals surface area contributed by atoms with E-state index in [0.29, 0.717) is 17.7 Å². The molecule has 2 bridgehead atoms. The molecule has 1 saturated carbocycles. The highest BCUT2D eigenvalue weighted by Gasteiger charge is 2.63. The first-order valence-electron chi connectivity index (χ1n) is 15.1. The minimum absolute atomic E-state index is 0.0499. The molecule has 0 unspecified atom stereocenters. The molecule has 0 radical (unpaired) electrons. The van der Waals surface area contributed by atoms with Gasteiger partial charge in [0.15, 0.2) is 0 Å². The van der Waals surface area contributed by atoms with E-state index in [0.717, 1.165) is 14.4 Å². The van der Waals surface area contributed by atoms with Gasteiger partial charge in [-0.25, -0.2) is 41.0 Å². The molecule has 12 heteroatoms. The summed E-state index contributed by atoms with van der Waals surface area (Å²) in [6, 6.07) is 13.6. The molecule has 2 aliphatic carbocycles. The topological polar surface area (TPSA) is 130 Å². The largest absolute Gasteiger partial charge is 0.443 e. The van der Waals surface area contributed by atoms with Crippen LogP contribution >= 0.6 is 0 Å². The number of ketones is 1. The lowest BCUT2D eigenvalue weighted by Crippen LogP contribution is -2.57. The Labute approximate surface area is 261 Å². The van der Waals surface area contributed by atoms with Crippen LogP contribution in [-0.2, 0) is 19.6 Å². The summed E-state index contributed by atoms with van der Waals surface area (Å²) in [7, 11) is -4.31. The predicted molar refractivity (Wildman–Crippen MR) is 167 cm³/mol. The number of benzene rings is 2. The Morgan fingerprint density at radius 2 is 1.60 bits per heavy atom. The maximum absolute atomic E-state index is 14.1. The van der Waals surface area contributed by atoms with E-state index in [1.807, 2.05) is 26.8 Å². The molecule has 1 fully saturated rings. The highest BCUT2D eigenvalue weighted by Crippen LogP contribution is 2.60. The van der Waals surface area contributed by atoms with Crippen LogP contribution in [0.4, 0.5) is 4.79 Å². The highest BCUT2D eigenvalue weighted by molar-refractivity contribution is 7.89. The molecular formula is C33H38N4O7S. The van der Waals surface area contributed by atoms with Crippen molar-refractivity contribution in [1.82, 2.24) is 18.2 Å². The second-order valence-corrected chi connectivity index (χ2v) is 15.6. The summed E-state index contributed by atoms with van der Waals surface area (Å²) >= 11 is 0. The number of aryl methyl sites for hydroxylation is 1. The van der Waals surface area contributed by atoms with E-state index in [2.05, 4.69) is 0 Å². The second-order valence-electron chi connectivity index (χ2n) is 13.8. The van der Waals surface area contributed by atoms with E-state index in [-0.39, 0.29) is 35.5 Å². The zero-order valence-electron chi connectivity index (χ0n) is 26.3. The van der Waals surface area contributed by atoms with Gasteiger partial charge in [-0.1, -0.05) is 55.8 Å². The number of amides is 1. The number of sulfonamides is 1. The maximum Gasteiger partial charge on any atom is 0.424 e. The Hall–Kier alpha value is -4.19. The fourth-order valence-corrected chi connectivity index (χ4v) is 8.51. The number of Topliss-reactive ketones (excluding diaryl/α,β-unsaturated/α-hetero) is 1. The van der Waals surface area contributed by atoms with Crippen LogP contribution in [-0.4, -0.2) is 50.7 Å². The van der Waals surface area contributed by atoms with Crippen LogP contribution in [0.15, 0.2) is 80.7 Å². The van der Waals surface area contributed by atoms with Crippen molar-refractivity contribution >= 4 is 21.9 Å². The Bertz CT molecular complexity index is 1940. The Kier molecular flexibility index (Phi) is 7.15. The van der Waals surface area contributed by atoms with Crippen molar-refractivity contribution in [1.29, 1.82) is 0 Å². The van der Waals surface area contributed by atoms with E-state index in [1.165, 1.54) is 21.5 Å². The maximum atomic E-state index is 14.1. The number of hydrogen-bond donors (Lipinski definition) is 0. The summed E-state index contributed by atoms with van der Waals surface area (Å²) in [6.45, 7) is 10.3. The highest BCUT2D eigenvalue weighted by atomic mass is 32.2. The van der Waals surface area contributed by atoms with Crippen molar-refractivity contribution < 1.29 is 22.7 Å². The average molecular weight is 635 g/mol. The molecule has 3 heterocycles. The molecule has 7 rings (SSSR count). The first kappa shape index (κ1) is 30.8. The molecule has 0 spiro atoms. The van der Waals surface area contributed by atoms with Crippen LogP contribution < -0.4 is 11.4 Å². The summed E-state index contributed by atoms with van der Waals surface area (Å²) in [5, 5.41) is 0. The normalized spacial score (nSPS) is 23.3. The zero-order valence-corrected chi connectivity index (χ0v) is 27.1. The third-order valence-electron chi connectivity index (χ3n) is 9.27. The van der Waals surface area contributed by atoms with Crippen molar-refractivity contribution in [2.75, 3.05) is 6.54 Å². The number of nitrogens with zero attached hydrogens (tertiary/aromatic N) is 4. The summed E-state index contributed by atoms with van der Waals surface area (Å²) in [6.07, 6.45) is 1.30. The number of allylic oxidation sites excluding steroid dienone is 1.